The molecule has 0 amide bonds. The first-order chi connectivity index (χ1) is 33.7. The number of fused-ring (bicyclic) bond motifs is 7. The van der Waals surface area contributed by atoms with Crippen molar-refractivity contribution in [2.45, 2.75) is 25.2 Å². The fourth-order valence-electron chi connectivity index (χ4n) is 10.3. The van der Waals surface area contributed by atoms with Gasteiger partial charge < -0.3 is 4.57 Å². The van der Waals surface area contributed by atoms with Gasteiger partial charge >= 0.3 is 0 Å². The second-order valence-electron chi connectivity index (χ2n) is 17.7. The molecular formula is C63H44N4S. The maximum absolute atomic E-state index is 5.34. The molecule has 0 N–H and O–H groups in total. The van der Waals surface area contributed by atoms with Gasteiger partial charge in [0.05, 0.1) is 16.7 Å². The van der Waals surface area contributed by atoms with Gasteiger partial charge in [0, 0.05) is 59.1 Å². The summed E-state index contributed by atoms with van der Waals surface area (Å²) in [5.41, 5.74) is 14.8. The smallest absolute Gasteiger partial charge is 0.164 e. The largest absolute Gasteiger partial charge is 0.308 e. The number of nitrogens with zero attached hydrogens (tertiary/aromatic N) is 4. The molecule has 4 nitrogen and oxygen atoms in total. The third-order valence-electron chi connectivity index (χ3n) is 13.6. The van der Waals surface area contributed by atoms with Crippen molar-refractivity contribution in [1.29, 1.82) is 0 Å². The van der Waals surface area contributed by atoms with E-state index in [4.69, 9.17) is 15.0 Å². The van der Waals surface area contributed by atoms with E-state index in [1.54, 1.807) is 0 Å². The highest BCUT2D eigenvalue weighted by Gasteiger charge is 2.27. The summed E-state index contributed by atoms with van der Waals surface area (Å²) in [5, 5.41) is 5.04. The standard InChI is InChI=1S/C63H44N4S/c1-5-17-41(18-6-1)43-29-33-45(34-30-43)53-39-49(63-65-61(47-21-9-3-10-22-47)64-62(66-63)48-23-11-4-12-24-48)40-54(46-35-31-44(32-36-46)42-19-7-2-8-20-42)59(53)67-55-27-15-13-25-50(55)51-37-38-57-58(60(51)67)52-26-14-16-28-56(52)68-57/h1,3-7,9-33,35-40,45H,2,8,34H2/t45-/m1/s1. The first-order valence-electron chi connectivity index (χ1n) is 23.5. The van der Waals surface area contributed by atoms with Crippen LogP contribution in [0.5, 0.6) is 0 Å². The Bertz CT molecular complexity index is 3800. The first kappa shape index (κ1) is 40.1. The number of rotatable bonds is 8. The Kier molecular flexibility index (Phi) is 9.94. The van der Waals surface area contributed by atoms with Crippen molar-refractivity contribution in [1.82, 2.24) is 19.5 Å². The second-order valence-corrected chi connectivity index (χ2v) is 18.8. The number of allylic oxidation sites excluding steroid dienone is 8. The number of hydrogen-bond donors (Lipinski definition) is 0. The van der Waals surface area contributed by atoms with Crippen LogP contribution in [0.2, 0.25) is 0 Å². The highest BCUT2D eigenvalue weighted by Crippen LogP contribution is 2.48. The van der Waals surface area contributed by atoms with Crippen molar-refractivity contribution < 1.29 is 0 Å². The molecule has 322 valence electrons. The second kappa shape index (κ2) is 16.9. The molecule has 0 unspecified atom stereocenters. The van der Waals surface area contributed by atoms with Crippen molar-refractivity contribution in [2.24, 2.45) is 0 Å². The monoisotopic (exact) mass is 888 g/mol. The van der Waals surface area contributed by atoms with Crippen molar-refractivity contribution in [3.05, 3.63) is 241 Å². The number of hydrogen-bond acceptors (Lipinski definition) is 4. The lowest BCUT2D eigenvalue weighted by Gasteiger charge is -2.26. The summed E-state index contributed by atoms with van der Waals surface area (Å²) in [7, 11) is 0. The molecule has 5 heteroatoms. The van der Waals surface area contributed by atoms with Gasteiger partial charge in [0.2, 0.25) is 0 Å². The van der Waals surface area contributed by atoms with Gasteiger partial charge in [0.25, 0.3) is 0 Å². The van der Waals surface area contributed by atoms with Crippen LogP contribution in [0.3, 0.4) is 0 Å². The summed E-state index contributed by atoms with van der Waals surface area (Å²) in [4.78, 5) is 15.8. The Hall–Kier alpha value is -8.25. The molecule has 1 atom stereocenters. The zero-order valence-electron chi connectivity index (χ0n) is 37.3. The van der Waals surface area contributed by atoms with Gasteiger partial charge in [-0.2, -0.15) is 0 Å². The summed E-state index contributed by atoms with van der Waals surface area (Å²) >= 11 is 1.87. The van der Waals surface area contributed by atoms with E-state index in [2.05, 4.69) is 193 Å². The van der Waals surface area contributed by atoms with E-state index in [0.717, 1.165) is 47.1 Å². The topological polar surface area (TPSA) is 43.6 Å². The van der Waals surface area contributed by atoms with Gasteiger partial charge in [0.15, 0.2) is 17.5 Å². The lowest BCUT2D eigenvalue weighted by Crippen LogP contribution is -2.09. The average molecular weight is 889 g/mol. The molecule has 0 bridgehead atoms. The highest BCUT2D eigenvalue weighted by atomic mass is 32.1. The quantitative estimate of drug-likeness (QED) is 0.153. The zero-order valence-corrected chi connectivity index (χ0v) is 38.1. The summed E-state index contributed by atoms with van der Waals surface area (Å²) < 4.78 is 5.17. The van der Waals surface area contributed by atoms with Gasteiger partial charge in [-0.15, -0.1) is 11.3 Å². The maximum Gasteiger partial charge on any atom is 0.164 e. The predicted octanol–water partition coefficient (Wildman–Crippen LogP) is 16.9. The molecule has 0 spiro atoms. The Morgan fingerprint density at radius 3 is 1.74 bits per heavy atom. The van der Waals surface area contributed by atoms with E-state index in [0.29, 0.717) is 17.5 Å². The van der Waals surface area contributed by atoms with Crippen molar-refractivity contribution in [3.8, 4) is 51.0 Å². The summed E-state index contributed by atoms with van der Waals surface area (Å²) in [6.07, 6.45) is 17.0. The number of aromatic nitrogens is 4. The number of para-hydroxylation sites is 1. The molecule has 0 saturated carbocycles. The normalized spacial score (nSPS) is 14.8. The lowest BCUT2D eigenvalue weighted by atomic mass is 9.84. The van der Waals surface area contributed by atoms with Gasteiger partial charge in [-0.1, -0.05) is 194 Å². The van der Waals surface area contributed by atoms with Crippen LogP contribution in [-0.4, -0.2) is 19.5 Å². The van der Waals surface area contributed by atoms with E-state index in [1.807, 2.05) is 47.7 Å². The average Bonchev–Trinajstić information content (AvgIpc) is 3.97. The molecule has 11 aromatic rings. The van der Waals surface area contributed by atoms with Crippen LogP contribution in [-0.2, 0) is 0 Å². The van der Waals surface area contributed by atoms with Crippen LogP contribution >= 0.6 is 11.3 Å². The van der Waals surface area contributed by atoms with Crippen LogP contribution in [0.4, 0.5) is 0 Å². The minimum absolute atomic E-state index is 0.0339. The van der Waals surface area contributed by atoms with Crippen LogP contribution in [0.25, 0.3) is 104 Å². The molecule has 68 heavy (non-hydrogen) atoms. The number of thiophene rings is 1. The van der Waals surface area contributed by atoms with E-state index in [-0.39, 0.29) is 5.92 Å². The van der Waals surface area contributed by atoms with E-state index in [9.17, 15) is 0 Å². The van der Waals surface area contributed by atoms with E-state index < -0.39 is 0 Å². The molecule has 0 saturated heterocycles. The van der Waals surface area contributed by atoms with Crippen LogP contribution in [0, 0.1) is 0 Å². The maximum atomic E-state index is 5.34. The van der Waals surface area contributed by atoms with Gasteiger partial charge in [-0.25, -0.2) is 15.0 Å². The van der Waals surface area contributed by atoms with Crippen molar-refractivity contribution in [2.75, 3.05) is 0 Å². The molecule has 2 aliphatic rings. The molecule has 3 heterocycles. The highest BCUT2D eigenvalue weighted by molar-refractivity contribution is 7.26. The Morgan fingerprint density at radius 1 is 0.456 bits per heavy atom. The molecule has 3 aromatic heterocycles. The molecule has 0 fully saturated rings. The molecule has 2 aliphatic carbocycles. The molecule has 0 radical (unpaired) electrons. The Labute approximate surface area is 399 Å². The zero-order chi connectivity index (χ0) is 45.0. The molecular weight excluding hydrogens is 845 g/mol. The predicted molar refractivity (Wildman–Crippen MR) is 286 cm³/mol. The van der Waals surface area contributed by atoms with E-state index >= 15 is 0 Å². The summed E-state index contributed by atoms with van der Waals surface area (Å²) in [5.74, 6) is 1.95. The lowest BCUT2D eigenvalue weighted by molar-refractivity contribution is 0.846. The minimum atomic E-state index is 0.0339. The van der Waals surface area contributed by atoms with E-state index in [1.165, 1.54) is 75.5 Å². The Balaban J connectivity index is 1.14. The van der Waals surface area contributed by atoms with Crippen LogP contribution in [0.15, 0.2) is 225 Å². The summed E-state index contributed by atoms with van der Waals surface area (Å²) in [6.45, 7) is 0. The van der Waals surface area contributed by atoms with Crippen LogP contribution < -0.4 is 0 Å². The minimum Gasteiger partial charge on any atom is -0.308 e. The summed E-state index contributed by atoms with van der Waals surface area (Å²) in [6, 6.07) is 67.7. The van der Waals surface area contributed by atoms with Gasteiger partial charge in [-0.05, 0) is 83.0 Å². The number of benzene rings is 8. The first-order valence-corrected chi connectivity index (χ1v) is 24.3. The third kappa shape index (κ3) is 7.02. The van der Waals surface area contributed by atoms with Crippen molar-refractivity contribution in [3.63, 3.8) is 0 Å². The van der Waals surface area contributed by atoms with Crippen molar-refractivity contribution >= 4 is 64.5 Å². The molecule has 13 rings (SSSR count). The Morgan fingerprint density at radius 2 is 1.06 bits per heavy atom. The molecule has 0 aliphatic heterocycles. The van der Waals surface area contributed by atoms with Gasteiger partial charge in [-0.3, -0.25) is 0 Å². The third-order valence-corrected chi connectivity index (χ3v) is 14.8. The van der Waals surface area contributed by atoms with Gasteiger partial charge in [0.1, 0.15) is 0 Å². The molecule has 8 aromatic carbocycles. The fraction of sp³-hybridized carbons (Fsp3) is 0.0635. The van der Waals surface area contributed by atoms with Crippen LogP contribution in [0.1, 0.15) is 41.9 Å². The SMILES string of the molecule is C1=CC(c2ccc(-c3cc(-c4nc(-c5ccccc5)nc(-c5ccccc5)n4)cc([C@@H]4C=CC(c5ccccc5)=CC4)c3-n3c4ccccc4c4ccc5sc6ccccc6c5c43)cc2)=CCC1. The fourth-order valence-corrected chi connectivity index (χ4v) is 11.4.